The number of benzene rings is 3. The maximum absolute atomic E-state index is 13.3. The van der Waals surface area contributed by atoms with E-state index in [-0.39, 0.29) is 24.4 Å². The van der Waals surface area contributed by atoms with E-state index >= 15 is 0 Å². The number of carbonyl (C=O) groups excluding carboxylic acids is 2. The molecule has 1 N–H and O–H groups in total. The van der Waals surface area contributed by atoms with Crippen LogP contribution in [0.2, 0.25) is 0 Å². The Hall–Kier alpha value is -4.19. The number of imidazole rings is 1. The number of nitrogens with zero attached hydrogens (tertiary/aromatic N) is 3. The van der Waals surface area contributed by atoms with Crippen molar-refractivity contribution in [2.75, 3.05) is 11.9 Å². The highest BCUT2D eigenvalue weighted by molar-refractivity contribution is 6.00. The first-order chi connectivity index (χ1) is 17.7. The molecule has 6 heteroatoms. The number of hydrogen-bond acceptors (Lipinski definition) is 3. The summed E-state index contributed by atoms with van der Waals surface area (Å²) in [5.41, 5.74) is 5.31. The fraction of sp³-hybridized carbons (Fsp3) is 0.258. The van der Waals surface area contributed by atoms with E-state index in [4.69, 9.17) is 4.98 Å². The van der Waals surface area contributed by atoms with E-state index in [2.05, 4.69) is 31.3 Å². The molecule has 1 aromatic heterocycles. The lowest BCUT2D eigenvalue weighted by Gasteiger charge is -2.26. The third-order valence-corrected chi connectivity index (χ3v) is 6.44. The van der Waals surface area contributed by atoms with Crippen LogP contribution in [0, 0.1) is 6.92 Å². The van der Waals surface area contributed by atoms with Crippen molar-refractivity contribution < 1.29 is 9.59 Å². The highest BCUT2D eigenvalue weighted by Crippen LogP contribution is 2.25. The molecule has 0 fully saturated rings. The Morgan fingerprint density at radius 1 is 0.892 bits per heavy atom. The van der Waals surface area contributed by atoms with Gasteiger partial charge in [0.2, 0.25) is 11.9 Å². The van der Waals surface area contributed by atoms with Gasteiger partial charge < -0.3 is 4.90 Å². The van der Waals surface area contributed by atoms with Gasteiger partial charge in [0.05, 0.1) is 5.69 Å². The molecule has 0 spiro atoms. The van der Waals surface area contributed by atoms with Gasteiger partial charge in [-0.3, -0.25) is 19.5 Å². The molecule has 0 saturated heterocycles. The molecule has 4 rings (SSSR count). The van der Waals surface area contributed by atoms with Crippen molar-refractivity contribution in [3.63, 3.8) is 0 Å². The molecular formula is C31H34N4O2. The molecular weight excluding hydrogens is 460 g/mol. The lowest BCUT2D eigenvalue weighted by atomic mass is 10.0. The quantitative estimate of drug-likeness (QED) is 0.306. The van der Waals surface area contributed by atoms with Crippen LogP contribution in [0.15, 0.2) is 85.1 Å². The summed E-state index contributed by atoms with van der Waals surface area (Å²) in [6, 6.07) is 25.4. The Bertz CT molecular complexity index is 1370. The zero-order valence-electron chi connectivity index (χ0n) is 22.1. The molecule has 1 heterocycles. The van der Waals surface area contributed by atoms with E-state index in [0.29, 0.717) is 17.4 Å². The second kappa shape index (κ2) is 11.2. The van der Waals surface area contributed by atoms with Gasteiger partial charge in [0.15, 0.2) is 0 Å². The second-order valence-corrected chi connectivity index (χ2v) is 9.82. The van der Waals surface area contributed by atoms with Crippen LogP contribution < -0.4 is 5.32 Å². The molecule has 0 aliphatic carbocycles. The molecule has 4 aromatic rings. The summed E-state index contributed by atoms with van der Waals surface area (Å²) < 4.78 is 1.88. The van der Waals surface area contributed by atoms with E-state index in [9.17, 15) is 9.59 Å². The fourth-order valence-electron chi connectivity index (χ4n) is 4.21. The summed E-state index contributed by atoms with van der Waals surface area (Å²) in [5, 5.41) is 2.96. The van der Waals surface area contributed by atoms with E-state index in [1.54, 1.807) is 11.0 Å². The van der Waals surface area contributed by atoms with Gasteiger partial charge in [0.25, 0.3) is 5.91 Å². The van der Waals surface area contributed by atoms with Crippen molar-refractivity contribution in [3.05, 3.63) is 102 Å². The number of nitrogens with one attached hydrogen (secondary N) is 1. The maximum Gasteiger partial charge on any atom is 0.254 e. The number of carbonyl (C=O) groups is 2. The first kappa shape index (κ1) is 25.9. The minimum absolute atomic E-state index is 0.0787. The van der Waals surface area contributed by atoms with Crippen LogP contribution in [-0.2, 0) is 4.79 Å². The van der Waals surface area contributed by atoms with Crippen LogP contribution in [0.5, 0.6) is 0 Å². The molecule has 6 nitrogen and oxygen atoms in total. The summed E-state index contributed by atoms with van der Waals surface area (Å²) >= 11 is 0. The van der Waals surface area contributed by atoms with Crippen molar-refractivity contribution in [1.82, 2.24) is 14.5 Å². The predicted octanol–water partition coefficient (Wildman–Crippen LogP) is 6.46. The number of rotatable bonds is 8. The fourth-order valence-corrected chi connectivity index (χ4v) is 4.21. The standard InChI is InChI=1S/C31H34N4O2/c1-21(2)24-15-17-26(18-16-24)35-19-28(25-12-7-6-8-13-25)32-31(35)33-29(36)20-34(22(3)4)30(37)27-14-10-9-11-23(27)5/h6-19,21-22H,20H2,1-5H3,(H,32,33,36). The van der Waals surface area contributed by atoms with E-state index < -0.39 is 0 Å². The normalized spacial score (nSPS) is 11.1. The number of amides is 2. The van der Waals surface area contributed by atoms with Gasteiger partial charge in [-0.1, -0.05) is 74.5 Å². The topological polar surface area (TPSA) is 67.2 Å². The van der Waals surface area contributed by atoms with Gasteiger partial charge in [-0.2, -0.15) is 0 Å². The summed E-state index contributed by atoms with van der Waals surface area (Å²) in [5.74, 6) is 0.360. The molecule has 0 bridgehead atoms. The molecule has 37 heavy (non-hydrogen) atoms. The van der Waals surface area contributed by atoms with Gasteiger partial charge in [-0.05, 0) is 56.0 Å². The van der Waals surface area contributed by atoms with Crippen LogP contribution >= 0.6 is 0 Å². The van der Waals surface area contributed by atoms with Crippen LogP contribution in [0.4, 0.5) is 5.95 Å². The average molecular weight is 495 g/mol. The van der Waals surface area contributed by atoms with Crippen molar-refractivity contribution in [3.8, 4) is 16.9 Å². The van der Waals surface area contributed by atoms with Crippen LogP contribution in [0.25, 0.3) is 16.9 Å². The second-order valence-electron chi connectivity index (χ2n) is 9.82. The van der Waals surface area contributed by atoms with Gasteiger partial charge in [-0.25, -0.2) is 4.98 Å². The summed E-state index contributed by atoms with van der Waals surface area (Å²) in [7, 11) is 0. The average Bonchev–Trinajstić information content (AvgIpc) is 3.31. The Morgan fingerprint density at radius 2 is 1.54 bits per heavy atom. The van der Waals surface area contributed by atoms with Crippen molar-refractivity contribution in [2.24, 2.45) is 0 Å². The van der Waals surface area contributed by atoms with Crippen LogP contribution in [0.3, 0.4) is 0 Å². The Balaban J connectivity index is 1.63. The first-order valence-electron chi connectivity index (χ1n) is 12.7. The van der Waals surface area contributed by atoms with Gasteiger partial charge >= 0.3 is 0 Å². The number of aromatic nitrogens is 2. The number of aryl methyl sites for hydroxylation is 1. The van der Waals surface area contributed by atoms with Gasteiger partial charge in [0.1, 0.15) is 6.54 Å². The van der Waals surface area contributed by atoms with Crippen LogP contribution in [0.1, 0.15) is 55.1 Å². The third kappa shape index (κ3) is 5.97. The van der Waals surface area contributed by atoms with Crippen molar-refractivity contribution in [2.45, 2.75) is 46.6 Å². The summed E-state index contributed by atoms with van der Waals surface area (Å²) in [6.45, 7) is 9.96. The monoisotopic (exact) mass is 494 g/mol. The molecule has 190 valence electrons. The lowest BCUT2D eigenvalue weighted by molar-refractivity contribution is -0.117. The summed E-state index contributed by atoms with van der Waals surface area (Å²) in [4.78, 5) is 32.9. The van der Waals surface area contributed by atoms with Gasteiger partial charge in [-0.15, -0.1) is 0 Å². The van der Waals surface area contributed by atoms with E-state index in [1.807, 2.05) is 92.2 Å². The Kier molecular flexibility index (Phi) is 7.87. The molecule has 0 atom stereocenters. The Labute approximate surface area is 219 Å². The largest absolute Gasteiger partial charge is 0.327 e. The summed E-state index contributed by atoms with van der Waals surface area (Å²) in [6.07, 6.45) is 1.92. The first-order valence-corrected chi connectivity index (χ1v) is 12.7. The number of anilines is 1. The van der Waals surface area contributed by atoms with Gasteiger partial charge in [0, 0.05) is 29.1 Å². The molecule has 0 aliphatic heterocycles. The molecule has 0 unspecified atom stereocenters. The maximum atomic E-state index is 13.3. The highest BCUT2D eigenvalue weighted by Gasteiger charge is 2.24. The SMILES string of the molecule is Cc1ccccc1C(=O)N(CC(=O)Nc1nc(-c2ccccc2)cn1-c1ccc(C(C)C)cc1)C(C)C. The third-order valence-electron chi connectivity index (χ3n) is 6.44. The minimum Gasteiger partial charge on any atom is -0.327 e. The predicted molar refractivity (Wildman–Crippen MR) is 149 cm³/mol. The van der Waals surface area contributed by atoms with E-state index in [0.717, 1.165) is 22.5 Å². The zero-order valence-corrected chi connectivity index (χ0v) is 22.1. The molecule has 0 aliphatic rings. The highest BCUT2D eigenvalue weighted by atomic mass is 16.2. The molecule has 0 saturated carbocycles. The smallest absolute Gasteiger partial charge is 0.254 e. The molecule has 0 radical (unpaired) electrons. The lowest BCUT2D eigenvalue weighted by Crippen LogP contribution is -2.42. The van der Waals surface area contributed by atoms with Crippen molar-refractivity contribution >= 4 is 17.8 Å². The van der Waals surface area contributed by atoms with Crippen molar-refractivity contribution in [1.29, 1.82) is 0 Å². The molecule has 3 aromatic carbocycles. The van der Waals surface area contributed by atoms with E-state index in [1.165, 1.54) is 5.56 Å². The molecule has 2 amide bonds. The minimum atomic E-state index is -0.305. The van der Waals surface area contributed by atoms with Crippen LogP contribution in [-0.4, -0.2) is 38.9 Å². The Morgan fingerprint density at radius 3 is 2.16 bits per heavy atom. The number of hydrogen-bond donors (Lipinski definition) is 1. The zero-order chi connectivity index (χ0) is 26.5.